The van der Waals surface area contributed by atoms with Gasteiger partial charge in [0.05, 0.1) is 17.4 Å². The van der Waals surface area contributed by atoms with Crippen LogP contribution in [-0.2, 0) is 14.4 Å². The molecule has 1 aromatic rings. The Morgan fingerprint density at radius 1 is 1.12 bits per heavy atom. The van der Waals surface area contributed by atoms with Gasteiger partial charge < -0.3 is 4.42 Å². The van der Waals surface area contributed by atoms with Crippen molar-refractivity contribution in [3.05, 3.63) is 35.3 Å². The zero-order chi connectivity index (χ0) is 18.8. The molecule has 4 amide bonds. The number of hydrogen-bond donors (Lipinski definition) is 2. The van der Waals surface area contributed by atoms with Crippen molar-refractivity contribution in [2.24, 2.45) is 11.8 Å². The van der Waals surface area contributed by atoms with Gasteiger partial charge in [0.15, 0.2) is 0 Å². The van der Waals surface area contributed by atoms with Gasteiger partial charge in [-0.05, 0) is 32.8 Å². The number of likely N-dealkylation sites (tertiary alicyclic amines) is 1. The van der Waals surface area contributed by atoms with Gasteiger partial charge in [0, 0.05) is 13.0 Å². The van der Waals surface area contributed by atoms with Crippen LogP contribution in [0.4, 0.5) is 0 Å². The second-order valence-electron chi connectivity index (χ2n) is 6.56. The molecule has 8 nitrogen and oxygen atoms in total. The second-order valence-corrected chi connectivity index (χ2v) is 6.56. The second kappa shape index (κ2) is 7.15. The number of rotatable bonds is 4. The summed E-state index contributed by atoms with van der Waals surface area (Å²) in [4.78, 5) is 49.7. The third kappa shape index (κ3) is 3.40. The molecular formula is C18H21N3O5. The summed E-state index contributed by atoms with van der Waals surface area (Å²) in [5.41, 5.74) is 4.93. The molecule has 2 aliphatic rings. The first kappa shape index (κ1) is 17.9. The maximum Gasteiger partial charge on any atom is 0.273 e. The number of carbonyl (C=O) groups excluding carboxylic acids is 4. The molecule has 0 aromatic carbocycles. The summed E-state index contributed by atoms with van der Waals surface area (Å²) in [5, 5.41) is 0. The first-order valence-corrected chi connectivity index (χ1v) is 8.55. The lowest BCUT2D eigenvalue weighted by molar-refractivity contribution is -0.140. The zero-order valence-corrected chi connectivity index (χ0v) is 14.7. The molecule has 2 N–H and O–H groups in total. The van der Waals surface area contributed by atoms with Gasteiger partial charge in [0.2, 0.25) is 17.7 Å². The number of nitrogens with zero attached hydrogens (tertiary/aromatic N) is 1. The van der Waals surface area contributed by atoms with Crippen molar-refractivity contribution in [1.29, 1.82) is 0 Å². The van der Waals surface area contributed by atoms with E-state index in [1.807, 2.05) is 12.2 Å². The lowest BCUT2D eigenvalue weighted by Gasteiger charge is -2.14. The van der Waals surface area contributed by atoms with Crippen LogP contribution in [0.1, 0.15) is 41.1 Å². The summed E-state index contributed by atoms with van der Waals surface area (Å²) >= 11 is 0. The van der Waals surface area contributed by atoms with Gasteiger partial charge in [0.1, 0.15) is 11.5 Å². The summed E-state index contributed by atoms with van der Waals surface area (Å²) in [7, 11) is 0. The van der Waals surface area contributed by atoms with Crippen LogP contribution in [0.25, 0.3) is 0 Å². The number of fused-ring (bicyclic) bond motifs is 1. The van der Waals surface area contributed by atoms with Crippen LogP contribution in [0, 0.1) is 25.7 Å². The van der Waals surface area contributed by atoms with Crippen molar-refractivity contribution in [2.75, 3.05) is 6.54 Å². The van der Waals surface area contributed by atoms with Crippen LogP contribution in [0.15, 0.2) is 22.6 Å². The first-order valence-electron chi connectivity index (χ1n) is 8.55. The van der Waals surface area contributed by atoms with Gasteiger partial charge in [-0.15, -0.1) is 0 Å². The van der Waals surface area contributed by atoms with E-state index in [4.69, 9.17) is 4.42 Å². The summed E-state index contributed by atoms with van der Waals surface area (Å²) in [6, 6.07) is 1.58. The van der Waals surface area contributed by atoms with Gasteiger partial charge >= 0.3 is 0 Å². The zero-order valence-electron chi connectivity index (χ0n) is 14.7. The molecular weight excluding hydrogens is 338 g/mol. The van der Waals surface area contributed by atoms with E-state index in [9.17, 15) is 19.2 Å². The molecule has 0 unspecified atom stereocenters. The molecule has 1 aromatic heterocycles. The van der Waals surface area contributed by atoms with E-state index in [-0.39, 0.29) is 36.6 Å². The van der Waals surface area contributed by atoms with Gasteiger partial charge in [-0.1, -0.05) is 12.2 Å². The molecule has 138 valence electrons. The Bertz CT molecular complexity index is 769. The number of aryl methyl sites for hydroxylation is 2. The van der Waals surface area contributed by atoms with E-state index < -0.39 is 11.8 Å². The number of nitrogens with one attached hydrogen (secondary N) is 2. The van der Waals surface area contributed by atoms with Crippen LogP contribution in [-0.4, -0.2) is 35.1 Å². The molecule has 0 radical (unpaired) electrons. The third-order valence-electron chi connectivity index (χ3n) is 4.76. The topological polar surface area (TPSA) is 109 Å². The average molecular weight is 359 g/mol. The fourth-order valence-electron chi connectivity index (χ4n) is 3.42. The van der Waals surface area contributed by atoms with E-state index >= 15 is 0 Å². The maximum atomic E-state index is 12.3. The minimum atomic E-state index is -0.488. The Kier molecular flexibility index (Phi) is 4.92. The number of hydrazine groups is 1. The SMILES string of the molecule is Cc1cc(C(=O)NNC(=O)CCN2C(=O)[C@H]3CC=CC[C@H]3C2=O)c(C)o1. The molecule has 0 saturated carbocycles. The normalized spacial score (nSPS) is 21.7. The Balaban J connectivity index is 1.48. The predicted molar refractivity (Wildman–Crippen MR) is 90.5 cm³/mol. The Hall–Kier alpha value is -2.90. The maximum absolute atomic E-state index is 12.3. The van der Waals surface area contributed by atoms with E-state index in [1.54, 1.807) is 19.9 Å². The largest absolute Gasteiger partial charge is 0.466 e. The smallest absolute Gasteiger partial charge is 0.273 e. The van der Waals surface area contributed by atoms with Crippen LogP contribution in [0.3, 0.4) is 0 Å². The first-order chi connectivity index (χ1) is 12.4. The van der Waals surface area contributed by atoms with Crippen LogP contribution in [0.2, 0.25) is 0 Å². The quantitative estimate of drug-likeness (QED) is 0.474. The van der Waals surface area contributed by atoms with Crippen molar-refractivity contribution in [1.82, 2.24) is 15.8 Å². The standard InChI is InChI=1S/C18H21N3O5/c1-10-9-14(11(2)26-10)16(23)20-19-15(22)7-8-21-17(24)12-5-3-4-6-13(12)18(21)25/h3-4,9,12-13H,5-8H2,1-2H3,(H,19,22)(H,20,23)/t12-,13+. The molecule has 2 atom stereocenters. The molecule has 8 heteroatoms. The van der Waals surface area contributed by atoms with E-state index in [0.29, 0.717) is 29.9 Å². The van der Waals surface area contributed by atoms with Crippen molar-refractivity contribution < 1.29 is 23.6 Å². The summed E-state index contributed by atoms with van der Waals surface area (Å²) < 4.78 is 5.27. The van der Waals surface area contributed by atoms with E-state index in [1.165, 1.54) is 0 Å². The number of imide groups is 1. The number of allylic oxidation sites excluding steroid dienone is 2. The fraction of sp³-hybridized carbons (Fsp3) is 0.444. The number of hydrogen-bond acceptors (Lipinski definition) is 5. The number of amides is 4. The molecule has 1 saturated heterocycles. The van der Waals surface area contributed by atoms with Crippen molar-refractivity contribution >= 4 is 23.6 Å². The van der Waals surface area contributed by atoms with Gasteiger partial charge in [-0.3, -0.25) is 34.9 Å². The van der Waals surface area contributed by atoms with Crippen LogP contribution >= 0.6 is 0 Å². The highest BCUT2D eigenvalue weighted by atomic mass is 16.3. The van der Waals surface area contributed by atoms with Crippen LogP contribution < -0.4 is 10.9 Å². The predicted octanol–water partition coefficient (Wildman–Crippen LogP) is 0.999. The highest BCUT2D eigenvalue weighted by Gasteiger charge is 2.46. The highest BCUT2D eigenvalue weighted by molar-refractivity contribution is 6.05. The van der Waals surface area contributed by atoms with Crippen molar-refractivity contribution in [3.63, 3.8) is 0 Å². The Labute approximate surface area is 150 Å². The monoisotopic (exact) mass is 359 g/mol. The minimum Gasteiger partial charge on any atom is -0.466 e. The van der Waals surface area contributed by atoms with Gasteiger partial charge in [-0.2, -0.15) is 0 Å². The molecule has 1 aliphatic carbocycles. The number of furan rings is 1. The molecule has 26 heavy (non-hydrogen) atoms. The molecule has 2 heterocycles. The Morgan fingerprint density at radius 3 is 2.27 bits per heavy atom. The molecule has 1 aliphatic heterocycles. The minimum absolute atomic E-state index is 0.0101. The summed E-state index contributed by atoms with van der Waals surface area (Å²) in [5.74, 6) is -0.954. The fourth-order valence-corrected chi connectivity index (χ4v) is 3.42. The lowest BCUT2D eigenvalue weighted by Crippen LogP contribution is -2.43. The summed E-state index contributed by atoms with van der Waals surface area (Å²) in [6.45, 7) is 3.39. The molecule has 1 fully saturated rings. The summed E-state index contributed by atoms with van der Waals surface area (Å²) in [6.07, 6.45) is 4.89. The van der Waals surface area contributed by atoms with Crippen molar-refractivity contribution in [3.8, 4) is 0 Å². The van der Waals surface area contributed by atoms with E-state index in [2.05, 4.69) is 10.9 Å². The van der Waals surface area contributed by atoms with Crippen molar-refractivity contribution in [2.45, 2.75) is 33.1 Å². The molecule has 0 spiro atoms. The molecule has 0 bridgehead atoms. The van der Waals surface area contributed by atoms with E-state index in [0.717, 1.165) is 4.90 Å². The van der Waals surface area contributed by atoms with Gasteiger partial charge in [0.25, 0.3) is 5.91 Å². The third-order valence-corrected chi connectivity index (χ3v) is 4.76. The molecule has 3 rings (SSSR count). The Morgan fingerprint density at radius 2 is 1.73 bits per heavy atom. The number of carbonyl (C=O) groups is 4. The average Bonchev–Trinajstić information content (AvgIpc) is 3.08. The van der Waals surface area contributed by atoms with Crippen LogP contribution in [0.5, 0.6) is 0 Å². The van der Waals surface area contributed by atoms with Gasteiger partial charge in [-0.25, -0.2) is 0 Å². The lowest BCUT2D eigenvalue weighted by atomic mass is 9.85. The highest BCUT2D eigenvalue weighted by Crippen LogP contribution is 2.34.